The molecule has 0 fully saturated rings. The predicted molar refractivity (Wildman–Crippen MR) is 63.4 cm³/mol. The van der Waals surface area contributed by atoms with E-state index in [4.69, 9.17) is 16.7 Å². The summed E-state index contributed by atoms with van der Waals surface area (Å²) in [5.74, 6) is 0. The maximum atomic E-state index is 9.00. The van der Waals surface area contributed by atoms with Gasteiger partial charge in [0.25, 0.3) is 0 Å². The van der Waals surface area contributed by atoms with Crippen LogP contribution in [0.1, 0.15) is 16.7 Å². The number of aromatic nitrogens is 2. The highest BCUT2D eigenvalue weighted by Gasteiger charge is 2.07. The smallest absolute Gasteiger partial charge is 0.132 e. The number of rotatable bonds is 3. The van der Waals surface area contributed by atoms with E-state index in [9.17, 15) is 0 Å². The van der Waals surface area contributed by atoms with Crippen molar-refractivity contribution in [1.29, 1.82) is 0 Å². The Kier molecular flexibility index (Phi) is 3.27. The summed E-state index contributed by atoms with van der Waals surface area (Å²) in [5, 5.41) is 13.6. The predicted octanol–water partition coefficient (Wildman–Crippen LogP) is 2.39. The maximum Gasteiger partial charge on any atom is 0.132 e. The monoisotopic (exact) mass is 236 g/mol. The van der Waals surface area contributed by atoms with Crippen molar-refractivity contribution in [2.24, 2.45) is 0 Å². The van der Waals surface area contributed by atoms with Crippen molar-refractivity contribution in [3.05, 3.63) is 52.3 Å². The van der Waals surface area contributed by atoms with Crippen LogP contribution in [0.2, 0.25) is 5.15 Å². The van der Waals surface area contributed by atoms with Gasteiger partial charge in [0.05, 0.1) is 19.3 Å². The molecule has 0 bridgehead atoms. The molecule has 0 aliphatic heterocycles. The number of benzene rings is 1. The van der Waals surface area contributed by atoms with Gasteiger partial charge >= 0.3 is 0 Å². The normalized spacial score (nSPS) is 10.7. The maximum absolute atomic E-state index is 9.00. The Morgan fingerprint density at radius 1 is 1.31 bits per heavy atom. The van der Waals surface area contributed by atoms with Gasteiger partial charge in [0.2, 0.25) is 0 Å². The first kappa shape index (κ1) is 11.2. The molecule has 0 unspecified atom stereocenters. The second-order valence-corrected chi connectivity index (χ2v) is 4.12. The van der Waals surface area contributed by atoms with Gasteiger partial charge in [-0.1, -0.05) is 41.4 Å². The van der Waals surface area contributed by atoms with E-state index in [0.717, 1.165) is 5.56 Å². The summed E-state index contributed by atoms with van der Waals surface area (Å²) in [6, 6.07) is 8.21. The third kappa shape index (κ3) is 2.26. The third-order valence-electron chi connectivity index (χ3n) is 2.47. The summed E-state index contributed by atoms with van der Waals surface area (Å²) >= 11 is 6.05. The molecule has 3 nitrogen and oxygen atoms in total. The van der Waals surface area contributed by atoms with Crippen molar-refractivity contribution in [1.82, 2.24) is 9.78 Å². The highest BCUT2D eigenvalue weighted by atomic mass is 35.5. The van der Waals surface area contributed by atoms with Crippen LogP contribution >= 0.6 is 11.6 Å². The van der Waals surface area contributed by atoms with E-state index in [1.807, 2.05) is 12.1 Å². The lowest BCUT2D eigenvalue weighted by atomic mass is 10.1. The highest BCUT2D eigenvalue weighted by molar-refractivity contribution is 6.30. The first-order chi connectivity index (χ1) is 7.70. The minimum atomic E-state index is -0.0767. The minimum Gasteiger partial charge on any atom is -0.392 e. The van der Waals surface area contributed by atoms with Crippen LogP contribution in [0.4, 0.5) is 0 Å². The molecule has 0 radical (unpaired) electrons. The van der Waals surface area contributed by atoms with E-state index in [-0.39, 0.29) is 6.61 Å². The summed E-state index contributed by atoms with van der Waals surface area (Å²) in [6.07, 6.45) is 1.59. The van der Waals surface area contributed by atoms with E-state index in [1.54, 1.807) is 10.9 Å². The molecule has 2 rings (SSSR count). The second kappa shape index (κ2) is 4.68. The molecule has 0 saturated carbocycles. The molecule has 0 aliphatic carbocycles. The summed E-state index contributed by atoms with van der Waals surface area (Å²) in [7, 11) is 0. The zero-order chi connectivity index (χ0) is 11.5. The van der Waals surface area contributed by atoms with E-state index in [2.05, 4.69) is 24.2 Å². The highest BCUT2D eigenvalue weighted by Crippen LogP contribution is 2.16. The van der Waals surface area contributed by atoms with Gasteiger partial charge in [0, 0.05) is 5.56 Å². The fraction of sp³-hybridized carbons (Fsp3) is 0.250. The molecule has 1 N–H and O–H groups in total. The van der Waals surface area contributed by atoms with Crippen molar-refractivity contribution < 1.29 is 5.11 Å². The molecule has 0 aliphatic rings. The Morgan fingerprint density at radius 3 is 2.56 bits per heavy atom. The van der Waals surface area contributed by atoms with Gasteiger partial charge in [-0.05, 0) is 12.5 Å². The molecular formula is C12H13ClN2O. The lowest BCUT2D eigenvalue weighted by molar-refractivity contribution is 0.282. The van der Waals surface area contributed by atoms with Gasteiger partial charge < -0.3 is 5.11 Å². The molecule has 1 aromatic carbocycles. The second-order valence-electron chi connectivity index (χ2n) is 3.76. The lowest BCUT2D eigenvalue weighted by Gasteiger charge is -2.04. The zero-order valence-electron chi connectivity index (χ0n) is 9.02. The van der Waals surface area contributed by atoms with Crippen molar-refractivity contribution >= 4 is 11.6 Å². The molecule has 0 saturated heterocycles. The van der Waals surface area contributed by atoms with Crippen LogP contribution in [0.25, 0.3) is 0 Å². The van der Waals surface area contributed by atoms with Crippen LogP contribution in [0.15, 0.2) is 30.5 Å². The van der Waals surface area contributed by atoms with Crippen molar-refractivity contribution in [2.75, 3.05) is 0 Å². The van der Waals surface area contributed by atoms with Crippen LogP contribution < -0.4 is 0 Å². The third-order valence-corrected chi connectivity index (χ3v) is 2.91. The van der Waals surface area contributed by atoms with Crippen LogP contribution in [0, 0.1) is 6.92 Å². The summed E-state index contributed by atoms with van der Waals surface area (Å²) < 4.78 is 1.68. The fourth-order valence-electron chi connectivity index (χ4n) is 1.49. The van der Waals surface area contributed by atoms with Crippen molar-refractivity contribution in [3.63, 3.8) is 0 Å². The average molecular weight is 237 g/mol. The zero-order valence-corrected chi connectivity index (χ0v) is 9.78. The quantitative estimate of drug-likeness (QED) is 0.889. The Hall–Kier alpha value is -1.32. The van der Waals surface area contributed by atoms with Crippen LogP contribution in [-0.2, 0) is 13.2 Å². The molecule has 0 amide bonds. The molecule has 1 heterocycles. The van der Waals surface area contributed by atoms with Gasteiger partial charge in [0.15, 0.2) is 0 Å². The number of aliphatic hydroxyl groups is 1. The topological polar surface area (TPSA) is 38.0 Å². The summed E-state index contributed by atoms with van der Waals surface area (Å²) in [6.45, 7) is 2.60. The number of hydrogen-bond acceptors (Lipinski definition) is 2. The lowest BCUT2D eigenvalue weighted by Crippen LogP contribution is -2.01. The van der Waals surface area contributed by atoms with Crippen molar-refractivity contribution in [2.45, 2.75) is 20.1 Å². The molecule has 2 aromatic rings. The Morgan fingerprint density at radius 2 is 2.00 bits per heavy atom. The number of halogens is 1. The Balaban J connectivity index is 2.20. The number of aryl methyl sites for hydroxylation is 1. The molecule has 4 heteroatoms. The van der Waals surface area contributed by atoms with Crippen molar-refractivity contribution in [3.8, 4) is 0 Å². The molecule has 1 aromatic heterocycles. The largest absolute Gasteiger partial charge is 0.392 e. The molecule has 16 heavy (non-hydrogen) atoms. The van der Waals surface area contributed by atoms with E-state index in [1.165, 1.54) is 5.56 Å². The van der Waals surface area contributed by atoms with Gasteiger partial charge in [-0.25, -0.2) is 4.68 Å². The van der Waals surface area contributed by atoms with Crippen LogP contribution in [0.3, 0.4) is 0 Å². The minimum absolute atomic E-state index is 0.0767. The summed E-state index contributed by atoms with van der Waals surface area (Å²) in [4.78, 5) is 0. The van der Waals surface area contributed by atoms with E-state index in [0.29, 0.717) is 17.3 Å². The molecule has 0 spiro atoms. The molecular weight excluding hydrogens is 224 g/mol. The van der Waals surface area contributed by atoms with Gasteiger partial charge in [0.1, 0.15) is 5.15 Å². The standard InChI is InChI=1S/C12H13ClN2O/c1-9-2-4-10(5-3-9)7-15-12(13)11(8-16)6-14-15/h2-6,16H,7-8H2,1H3. The number of aliphatic hydroxyl groups excluding tert-OH is 1. The van der Waals surface area contributed by atoms with Crippen LogP contribution in [0.5, 0.6) is 0 Å². The average Bonchev–Trinajstić information content (AvgIpc) is 2.63. The van der Waals surface area contributed by atoms with Gasteiger partial charge in [-0.3, -0.25) is 0 Å². The van der Waals surface area contributed by atoms with Gasteiger partial charge in [-0.2, -0.15) is 5.10 Å². The molecule has 84 valence electrons. The number of hydrogen-bond donors (Lipinski definition) is 1. The van der Waals surface area contributed by atoms with E-state index >= 15 is 0 Å². The van der Waals surface area contributed by atoms with Gasteiger partial charge in [-0.15, -0.1) is 0 Å². The fourth-order valence-corrected chi connectivity index (χ4v) is 1.70. The first-order valence-corrected chi connectivity index (χ1v) is 5.45. The Labute approximate surface area is 99.3 Å². The molecule has 0 atom stereocenters. The Bertz CT molecular complexity index is 476. The SMILES string of the molecule is Cc1ccc(Cn2ncc(CO)c2Cl)cc1. The van der Waals surface area contributed by atoms with Crippen LogP contribution in [-0.4, -0.2) is 14.9 Å². The first-order valence-electron chi connectivity index (χ1n) is 5.07. The van der Waals surface area contributed by atoms with E-state index < -0.39 is 0 Å². The number of nitrogens with zero attached hydrogens (tertiary/aromatic N) is 2. The summed E-state index contributed by atoms with van der Waals surface area (Å²) in [5.41, 5.74) is 3.03.